The fraction of sp³-hybridized carbons (Fsp3) is 0.333. The van der Waals surface area contributed by atoms with E-state index in [1.807, 2.05) is 0 Å². The molecule has 2 atom stereocenters. The Balaban J connectivity index is 3.05. The number of nitrogens with two attached hydrogens (primary N) is 2. The molecule has 0 bridgehead atoms. The van der Waals surface area contributed by atoms with Gasteiger partial charge in [0, 0.05) is 11.3 Å². The highest BCUT2D eigenvalue weighted by molar-refractivity contribution is 5.42. The van der Waals surface area contributed by atoms with Crippen molar-refractivity contribution in [3.05, 3.63) is 29.6 Å². The molecule has 5 N–H and O–H groups in total. The lowest BCUT2D eigenvalue weighted by molar-refractivity contribution is 0.162. The summed E-state index contributed by atoms with van der Waals surface area (Å²) >= 11 is 0. The van der Waals surface area contributed by atoms with Crippen LogP contribution in [0.2, 0.25) is 0 Å². The minimum atomic E-state index is -0.795. The standard InChI is InChI=1S/C9H13FN2O/c1-5(13)9(12)7-4-6(11)2-3-8(7)10/h2-5,9,13H,11-12H2,1H3/t5-,9-/m0/s1. The lowest BCUT2D eigenvalue weighted by atomic mass is 10.0. The molecule has 0 aliphatic heterocycles. The third-order valence-corrected chi connectivity index (χ3v) is 1.90. The van der Waals surface area contributed by atoms with E-state index in [-0.39, 0.29) is 5.56 Å². The van der Waals surface area contributed by atoms with Crippen molar-refractivity contribution in [2.45, 2.75) is 19.1 Å². The van der Waals surface area contributed by atoms with Crippen LogP contribution in [0.3, 0.4) is 0 Å². The van der Waals surface area contributed by atoms with Gasteiger partial charge in [-0.25, -0.2) is 4.39 Å². The van der Waals surface area contributed by atoms with Crippen molar-refractivity contribution in [2.75, 3.05) is 5.73 Å². The number of hydrogen-bond acceptors (Lipinski definition) is 3. The zero-order valence-electron chi connectivity index (χ0n) is 7.37. The minimum Gasteiger partial charge on any atom is -0.399 e. The third-order valence-electron chi connectivity index (χ3n) is 1.90. The first-order valence-corrected chi connectivity index (χ1v) is 4.01. The van der Waals surface area contributed by atoms with E-state index in [0.29, 0.717) is 5.69 Å². The summed E-state index contributed by atoms with van der Waals surface area (Å²) in [5.74, 6) is -0.442. The first-order valence-electron chi connectivity index (χ1n) is 4.01. The highest BCUT2D eigenvalue weighted by Gasteiger charge is 2.16. The van der Waals surface area contributed by atoms with E-state index in [2.05, 4.69) is 0 Å². The van der Waals surface area contributed by atoms with E-state index in [1.165, 1.54) is 25.1 Å². The predicted octanol–water partition coefficient (Wildman–Crippen LogP) is 0.788. The molecule has 0 unspecified atom stereocenters. The monoisotopic (exact) mass is 184 g/mol. The van der Waals surface area contributed by atoms with E-state index in [0.717, 1.165) is 0 Å². The molecule has 0 amide bonds. The largest absolute Gasteiger partial charge is 0.399 e. The van der Waals surface area contributed by atoms with Gasteiger partial charge in [-0.3, -0.25) is 0 Å². The number of aliphatic hydroxyl groups is 1. The van der Waals surface area contributed by atoms with Gasteiger partial charge in [-0.05, 0) is 25.1 Å². The zero-order chi connectivity index (χ0) is 10.0. The molecule has 0 heterocycles. The van der Waals surface area contributed by atoms with Crippen LogP contribution in [0.1, 0.15) is 18.5 Å². The van der Waals surface area contributed by atoms with Crippen LogP contribution in [-0.4, -0.2) is 11.2 Å². The Morgan fingerprint density at radius 2 is 2.08 bits per heavy atom. The van der Waals surface area contributed by atoms with Crippen LogP contribution in [0.15, 0.2) is 18.2 Å². The van der Waals surface area contributed by atoms with E-state index >= 15 is 0 Å². The Morgan fingerprint density at radius 3 is 2.62 bits per heavy atom. The third kappa shape index (κ3) is 2.17. The van der Waals surface area contributed by atoms with Gasteiger partial charge in [0.05, 0.1) is 12.1 Å². The Bertz CT molecular complexity index is 302. The van der Waals surface area contributed by atoms with Crippen molar-refractivity contribution in [1.82, 2.24) is 0 Å². The van der Waals surface area contributed by atoms with Crippen LogP contribution >= 0.6 is 0 Å². The lowest BCUT2D eigenvalue weighted by Crippen LogP contribution is -2.24. The second-order valence-electron chi connectivity index (χ2n) is 3.05. The van der Waals surface area contributed by atoms with Gasteiger partial charge < -0.3 is 16.6 Å². The van der Waals surface area contributed by atoms with Crippen molar-refractivity contribution in [3.63, 3.8) is 0 Å². The van der Waals surface area contributed by atoms with E-state index in [4.69, 9.17) is 16.6 Å². The molecule has 0 fully saturated rings. The fourth-order valence-corrected chi connectivity index (χ4v) is 1.08. The van der Waals surface area contributed by atoms with Crippen LogP contribution in [0.4, 0.5) is 10.1 Å². The number of nitrogen functional groups attached to an aromatic ring is 1. The smallest absolute Gasteiger partial charge is 0.128 e. The molecule has 4 heteroatoms. The van der Waals surface area contributed by atoms with Gasteiger partial charge in [0.1, 0.15) is 5.82 Å². The topological polar surface area (TPSA) is 72.3 Å². The summed E-state index contributed by atoms with van der Waals surface area (Å²) < 4.78 is 13.1. The molecular formula is C9H13FN2O. The van der Waals surface area contributed by atoms with Crippen LogP contribution in [0, 0.1) is 5.82 Å². The number of hydrogen-bond donors (Lipinski definition) is 3. The van der Waals surface area contributed by atoms with E-state index < -0.39 is 18.0 Å². The Labute approximate surface area is 76.2 Å². The average molecular weight is 184 g/mol. The molecule has 0 aromatic heterocycles. The molecule has 0 radical (unpaired) electrons. The van der Waals surface area contributed by atoms with Crippen LogP contribution in [-0.2, 0) is 0 Å². The summed E-state index contributed by atoms with van der Waals surface area (Å²) in [6.07, 6.45) is -0.795. The molecule has 1 rings (SSSR count). The second kappa shape index (κ2) is 3.72. The molecule has 1 aromatic rings. The maximum Gasteiger partial charge on any atom is 0.128 e. The van der Waals surface area contributed by atoms with E-state index in [9.17, 15) is 4.39 Å². The number of benzene rings is 1. The van der Waals surface area contributed by atoms with Crippen molar-refractivity contribution in [1.29, 1.82) is 0 Å². The Morgan fingerprint density at radius 1 is 1.46 bits per heavy atom. The SMILES string of the molecule is C[C@H](O)[C@H](N)c1cc(N)ccc1F. The number of halogens is 1. The van der Waals surface area contributed by atoms with Gasteiger partial charge in [0.15, 0.2) is 0 Å². The molecule has 72 valence electrons. The average Bonchev–Trinajstić information content (AvgIpc) is 2.08. The normalized spacial score (nSPS) is 15.4. The lowest BCUT2D eigenvalue weighted by Gasteiger charge is -2.16. The van der Waals surface area contributed by atoms with Crippen molar-refractivity contribution in [3.8, 4) is 0 Å². The quantitative estimate of drug-likeness (QED) is 0.595. The summed E-state index contributed by atoms with van der Waals surface area (Å²) in [4.78, 5) is 0. The molecule has 0 saturated heterocycles. The van der Waals surface area contributed by atoms with Crippen molar-refractivity contribution in [2.24, 2.45) is 5.73 Å². The first-order chi connectivity index (χ1) is 6.02. The molecule has 0 spiro atoms. The predicted molar refractivity (Wildman–Crippen MR) is 49.4 cm³/mol. The summed E-state index contributed by atoms with van der Waals surface area (Å²) in [5.41, 5.74) is 11.7. The molecule has 13 heavy (non-hydrogen) atoms. The fourth-order valence-electron chi connectivity index (χ4n) is 1.08. The van der Waals surface area contributed by atoms with Gasteiger partial charge in [-0.2, -0.15) is 0 Å². The summed E-state index contributed by atoms with van der Waals surface area (Å²) in [5, 5.41) is 9.16. The van der Waals surface area contributed by atoms with E-state index in [1.54, 1.807) is 0 Å². The highest BCUT2D eigenvalue weighted by atomic mass is 19.1. The molecule has 1 aromatic carbocycles. The second-order valence-corrected chi connectivity index (χ2v) is 3.05. The number of anilines is 1. The summed E-state index contributed by atoms with van der Waals surface area (Å²) in [6.45, 7) is 1.51. The zero-order valence-corrected chi connectivity index (χ0v) is 7.37. The number of aliphatic hydroxyl groups excluding tert-OH is 1. The summed E-state index contributed by atoms with van der Waals surface area (Å²) in [7, 11) is 0. The molecule has 3 nitrogen and oxygen atoms in total. The van der Waals surface area contributed by atoms with Gasteiger partial charge >= 0.3 is 0 Å². The maximum absolute atomic E-state index is 13.1. The minimum absolute atomic E-state index is 0.245. The highest BCUT2D eigenvalue weighted by Crippen LogP contribution is 2.20. The van der Waals surface area contributed by atoms with Crippen LogP contribution in [0.25, 0.3) is 0 Å². The van der Waals surface area contributed by atoms with Gasteiger partial charge in [-0.1, -0.05) is 0 Å². The molecule has 0 aliphatic carbocycles. The van der Waals surface area contributed by atoms with Crippen LogP contribution in [0.5, 0.6) is 0 Å². The number of rotatable bonds is 2. The van der Waals surface area contributed by atoms with Gasteiger partial charge in [-0.15, -0.1) is 0 Å². The van der Waals surface area contributed by atoms with Crippen molar-refractivity contribution >= 4 is 5.69 Å². The van der Waals surface area contributed by atoms with Gasteiger partial charge in [0.25, 0.3) is 0 Å². The molecule has 0 saturated carbocycles. The maximum atomic E-state index is 13.1. The van der Waals surface area contributed by atoms with Gasteiger partial charge in [0.2, 0.25) is 0 Å². The molecule has 0 aliphatic rings. The van der Waals surface area contributed by atoms with Crippen LogP contribution < -0.4 is 11.5 Å². The Hall–Kier alpha value is -1.13. The summed E-state index contributed by atoms with van der Waals surface area (Å²) in [6, 6.07) is 3.40. The van der Waals surface area contributed by atoms with Crippen molar-refractivity contribution < 1.29 is 9.50 Å². The molecular weight excluding hydrogens is 171 g/mol. The first kappa shape index (κ1) is 9.95. The Kier molecular flexibility index (Phi) is 2.85.